The van der Waals surface area contributed by atoms with Gasteiger partial charge in [0.1, 0.15) is 11.6 Å². The summed E-state index contributed by atoms with van der Waals surface area (Å²) in [5.41, 5.74) is 8.15. The molecule has 0 aliphatic heterocycles. The summed E-state index contributed by atoms with van der Waals surface area (Å²) in [6, 6.07) is 41.9. The number of fused-ring (bicyclic) bond motifs is 1. The molecule has 0 aliphatic carbocycles. The van der Waals surface area contributed by atoms with Crippen molar-refractivity contribution in [2.75, 3.05) is 0 Å². The second-order valence-corrected chi connectivity index (χ2v) is 11.7. The van der Waals surface area contributed by atoms with E-state index in [-0.39, 0.29) is 11.3 Å². The second kappa shape index (κ2) is 12.1. The zero-order chi connectivity index (χ0) is 36.1. The van der Waals surface area contributed by atoms with Crippen LogP contribution in [0.15, 0.2) is 133 Å². The number of para-hydroxylation sites is 4. The third kappa shape index (κ3) is 5.37. The number of phenolic OH excluding ortho intramolecular Hbond substituents is 1. The summed E-state index contributed by atoms with van der Waals surface area (Å²) < 4.78 is 45.3. The summed E-state index contributed by atoms with van der Waals surface area (Å²) in [5, 5.41) is 10.8. The Morgan fingerprint density at radius 3 is 2.04 bits per heavy atom. The van der Waals surface area contributed by atoms with Gasteiger partial charge in [0.15, 0.2) is 0 Å². The average molecular weight is 605 g/mol. The molecule has 0 fully saturated rings. The van der Waals surface area contributed by atoms with Gasteiger partial charge in [-0.05, 0) is 76.5 Å². The standard InChI is InChI=1S/C42H37N3O/c1-27(2)33-19-13-20-34(28(3)4)41(33)45-39-22-10-9-21-36(39)44-42(45)31-17-12-16-30(24-31)37-25-32(29-14-6-5-7-15-29)26-38(43-37)35-18-8-11-23-40(35)46/h5-28,46H,1-4H3/i1D3,27D,28D. The highest BCUT2D eigenvalue weighted by Gasteiger charge is 2.22. The molecule has 5 aromatic carbocycles. The molecule has 7 aromatic rings. The Morgan fingerprint density at radius 1 is 0.609 bits per heavy atom. The molecular formula is C42H37N3O. The Morgan fingerprint density at radius 2 is 1.26 bits per heavy atom. The number of pyridine rings is 1. The summed E-state index contributed by atoms with van der Waals surface area (Å²) >= 11 is 0. The number of hydrogen-bond donors (Lipinski definition) is 1. The first-order valence-electron chi connectivity index (χ1n) is 17.8. The van der Waals surface area contributed by atoms with E-state index in [9.17, 15) is 6.48 Å². The molecule has 4 nitrogen and oxygen atoms in total. The molecule has 226 valence electrons. The van der Waals surface area contributed by atoms with Gasteiger partial charge in [0.2, 0.25) is 0 Å². The average Bonchev–Trinajstić information content (AvgIpc) is 3.50. The zero-order valence-corrected chi connectivity index (χ0v) is 26.0. The summed E-state index contributed by atoms with van der Waals surface area (Å²) in [5.74, 6) is -2.46. The monoisotopic (exact) mass is 604 g/mol. The van der Waals surface area contributed by atoms with E-state index < -0.39 is 18.6 Å². The maximum Gasteiger partial charge on any atom is 0.145 e. The van der Waals surface area contributed by atoms with E-state index in [1.54, 1.807) is 38.1 Å². The van der Waals surface area contributed by atoms with Crippen molar-refractivity contribution < 1.29 is 12.0 Å². The Balaban J connectivity index is 1.49. The fourth-order valence-electron chi connectivity index (χ4n) is 6.06. The van der Waals surface area contributed by atoms with Gasteiger partial charge in [0, 0.05) is 23.5 Å². The molecule has 46 heavy (non-hydrogen) atoms. The van der Waals surface area contributed by atoms with Crippen LogP contribution < -0.4 is 0 Å². The van der Waals surface area contributed by atoms with E-state index in [1.165, 1.54) is 6.92 Å². The van der Waals surface area contributed by atoms with Crippen molar-refractivity contribution in [3.8, 4) is 56.5 Å². The number of hydrogen-bond acceptors (Lipinski definition) is 3. The quantitative estimate of drug-likeness (QED) is 0.197. The van der Waals surface area contributed by atoms with E-state index in [0.717, 1.165) is 27.8 Å². The highest BCUT2D eigenvalue weighted by molar-refractivity contribution is 5.86. The third-order valence-corrected chi connectivity index (χ3v) is 8.29. The number of phenols is 1. The minimum atomic E-state index is -2.65. The van der Waals surface area contributed by atoms with Gasteiger partial charge in [-0.25, -0.2) is 9.97 Å². The highest BCUT2D eigenvalue weighted by Crippen LogP contribution is 2.39. The van der Waals surface area contributed by atoms with Crippen LogP contribution >= 0.6 is 0 Å². The van der Waals surface area contributed by atoms with E-state index in [0.29, 0.717) is 39.5 Å². The van der Waals surface area contributed by atoms with E-state index in [2.05, 4.69) is 0 Å². The SMILES string of the molecule is [2H]C(C)(C)c1cccc(C([2H])(C)C([2H])([2H])[2H])c1-n1c(-c2cccc(-c3cc(-c4ccccc4)cc(-c4ccccc4O)n3)c2)nc2ccccc21. The predicted molar refractivity (Wildman–Crippen MR) is 190 cm³/mol. The molecular weight excluding hydrogens is 562 g/mol. The van der Waals surface area contributed by atoms with Gasteiger partial charge in [-0.3, -0.25) is 4.57 Å². The Hall–Kier alpha value is -5.48. The summed E-state index contributed by atoms with van der Waals surface area (Å²) in [6.07, 6.45) is 0. The van der Waals surface area contributed by atoms with Crippen molar-refractivity contribution in [1.82, 2.24) is 14.5 Å². The molecule has 7 rings (SSSR count). The van der Waals surface area contributed by atoms with Gasteiger partial charge in [-0.1, -0.05) is 119 Å². The second-order valence-electron chi connectivity index (χ2n) is 11.7. The Labute approximate surface area is 277 Å². The van der Waals surface area contributed by atoms with Crippen molar-refractivity contribution >= 4 is 11.0 Å². The summed E-state index contributed by atoms with van der Waals surface area (Å²) in [4.78, 5) is 10.1. The smallest absolute Gasteiger partial charge is 0.145 e. The molecule has 1 atom stereocenters. The van der Waals surface area contributed by atoms with Crippen LogP contribution in [0.4, 0.5) is 0 Å². The number of imidazole rings is 1. The van der Waals surface area contributed by atoms with E-state index >= 15 is 0 Å². The largest absolute Gasteiger partial charge is 0.507 e. The van der Waals surface area contributed by atoms with Crippen molar-refractivity contribution in [2.24, 2.45) is 0 Å². The van der Waals surface area contributed by atoms with Crippen molar-refractivity contribution in [1.29, 1.82) is 0 Å². The number of aromatic nitrogens is 3. The van der Waals surface area contributed by atoms with Crippen LogP contribution in [-0.2, 0) is 0 Å². The lowest BCUT2D eigenvalue weighted by molar-refractivity contribution is 0.477. The fourth-order valence-corrected chi connectivity index (χ4v) is 6.06. The molecule has 2 aromatic heterocycles. The number of nitrogens with zero attached hydrogens (tertiary/aromatic N) is 3. The van der Waals surface area contributed by atoms with E-state index in [4.69, 9.17) is 15.5 Å². The lowest BCUT2D eigenvalue weighted by Gasteiger charge is -2.22. The maximum absolute atomic E-state index is 10.8. The lowest BCUT2D eigenvalue weighted by atomic mass is 9.92. The first-order valence-corrected chi connectivity index (χ1v) is 15.3. The minimum Gasteiger partial charge on any atom is -0.507 e. The molecule has 0 amide bonds. The fraction of sp³-hybridized carbons (Fsp3) is 0.143. The van der Waals surface area contributed by atoms with E-state index in [1.807, 2.05) is 114 Å². The zero-order valence-electron chi connectivity index (χ0n) is 31.0. The van der Waals surface area contributed by atoms with Crippen molar-refractivity contribution in [2.45, 2.75) is 39.4 Å². The maximum atomic E-state index is 10.8. The molecule has 1 unspecified atom stereocenters. The van der Waals surface area contributed by atoms with Crippen LogP contribution in [0.3, 0.4) is 0 Å². The van der Waals surface area contributed by atoms with Crippen LogP contribution in [0, 0.1) is 0 Å². The first kappa shape index (κ1) is 23.8. The summed E-state index contributed by atoms with van der Waals surface area (Å²) in [6.45, 7) is 2.29. The normalized spacial score (nSPS) is 14.9. The minimum absolute atomic E-state index is 0.133. The molecule has 0 saturated carbocycles. The van der Waals surface area contributed by atoms with Gasteiger partial charge in [-0.15, -0.1) is 0 Å². The first-order chi connectivity index (χ1) is 24.2. The van der Waals surface area contributed by atoms with Gasteiger partial charge >= 0.3 is 0 Å². The molecule has 0 radical (unpaired) electrons. The van der Waals surface area contributed by atoms with Crippen LogP contribution in [0.5, 0.6) is 5.75 Å². The van der Waals surface area contributed by atoms with Gasteiger partial charge in [0.25, 0.3) is 0 Å². The predicted octanol–water partition coefficient (Wildman–Crippen LogP) is 11.0. The van der Waals surface area contributed by atoms with Gasteiger partial charge in [-0.2, -0.15) is 0 Å². The number of aromatic hydroxyl groups is 1. The molecule has 0 aliphatic rings. The molecule has 0 spiro atoms. The number of rotatable bonds is 7. The molecule has 2 heterocycles. The van der Waals surface area contributed by atoms with Crippen LogP contribution in [0.25, 0.3) is 61.8 Å². The van der Waals surface area contributed by atoms with Crippen molar-refractivity contribution in [3.05, 3.63) is 145 Å². The van der Waals surface area contributed by atoms with Crippen LogP contribution in [-0.4, -0.2) is 19.6 Å². The number of benzene rings is 5. The van der Waals surface area contributed by atoms with Crippen LogP contribution in [0.2, 0.25) is 0 Å². The van der Waals surface area contributed by atoms with Gasteiger partial charge in [0.05, 0.1) is 28.1 Å². The Bertz CT molecular complexity index is 2390. The molecule has 1 N–H and O–H groups in total. The summed E-state index contributed by atoms with van der Waals surface area (Å²) in [7, 11) is 0. The Kier molecular flexibility index (Phi) is 6.29. The van der Waals surface area contributed by atoms with Crippen molar-refractivity contribution in [3.63, 3.8) is 0 Å². The van der Waals surface area contributed by atoms with Crippen LogP contribution in [0.1, 0.15) is 57.4 Å². The molecule has 0 saturated heterocycles. The highest BCUT2D eigenvalue weighted by atomic mass is 16.3. The molecule has 0 bridgehead atoms. The molecule has 4 heteroatoms. The lowest BCUT2D eigenvalue weighted by Crippen LogP contribution is -2.08. The van der Waals surface area contributed by atoms with Gasteiger partial charge < -0.3 is 5.11 Å². The third-order valence-electron chi connectivity index (χ3n) is 8.29. The topological polar surface area (TPSA) is 50.9 Å².